The van der Waals surface area contributed by atoms with E-state index in [2.05, 4.69) is 29.0 Å². The summed E-state index contributed by atoms with van der Waals surface area (Å²) in [7, 11) is -17.0. The average molecular weight is 556 g/mol. The fourth-order valence-corrected chi connectivity index (χ4v) is 6.08. The van der Waals surface area contributed by atoms with E-state index in [1.807, 2.05) is 5.38 Å². The number of halogens is 1. The largest absolute Gasteiger partial charge is 0.490 e. The van der Waals surface area contributed by atoms with Gasteiger partial charge in [-0.2, -0.15) is 13.6 Å². The first kappa shape index (κ1) is 28.0. The number of hydrogen-bond donors (Lipinski definition) is 7. The van der Waals surface area contributed by atoms with E-state index < -0.39 is 65.2 Å². The van der Waals surface area contributed by atoms with Crippen LogP contribution < -0.4 is 17.2 Å². The van der Waals surface area contributed by atoms with Gasteiger partial charge in [0, 0.05) is 5.38 Å². The molecule has 22 heteroatoms. The summed E-state index contributed by atoms with van der Waals surface area (Å²) < 4.78 is 52.2. The number of anilines is 1. The van der Waals surface area contributed by atoms with Crippen molar-refractivity contribution >= 4 is 41.0 Å². The molecule has 7 atom stereocenters. The zero-order valence-electron chi connectivity index (χ0n) is 16.1. The number of nitrogens with two attached hydrogens (primary N) is 2. The number of phosphoric acid groups is 3. The molecule has 1 aromatic rings. The van der Waals surface area contributed by atoms with E-state index in [4.69, 9.17) is 37.6 Å². The van der Waals surface area contributed by atoms with Crippen LogP contribution in [-0.4, -0.2) is 63.1 Å². The van der Waals surface area contributed by atoms with E-state index in [1.54, 1.807) is 0 Å². The summed E-state index contributed by atoms with van der Waals surface area (Å²) >= 11 is 5.39. The molecule has 1 aliphatic heterocycles. The van der Waals surface area contributed by atoms with Crippen LogP contribution in [0.1, 0.15) is 13.2 Å². The molecule has 33 heavy (non-hydrogen) atoms. The number of aliphatic hydroxyl groups is 1. The van der Waals surface area contributed by atoms with E-state index in [1.165, 1.54) is 0 Å². The van der Waals surface area contributed by atoms with Crippen LogP contribution in [0.4, 0.5) is 5.95 Å². The van der Waals surface area contributed by atoms with Gasteiger partial charge in [0.1, 0.15) is 18.5 Å². The molecule has 2 rings (SSSR count). The van der Waals surface area contributed by atoms with Crippen molar-refractivity contribution in [2.75, 3.05) is 5.73 Å². The Morgan fingerprint density at radius 1 is 1.27 bits per heavy atom. The summed E-state index contributed by atoms with van der Waals surface area (Å²) in [6, 6.07) is 0. The Bertz CT molecular complexity index is 1160. The fraction of sp³-hybridized carbons (Fsp3) is 0.545. The van der Waals surface area contributed by atoms with Gasteiger partial charge in [0.15, 0.2) is 11.8 Å². The summed E-state index contributed by atoms with van der Waals surface area (Å²) in [6.45, 7) is 1.02. The number of ether oxygens (including phenoxy) is 1. The molecule has 9 N–H and O–H groups in total. The maximum absolute atomic E-state index is 12.2. The van der Waals surface area contributed by atoms with Crippen LogP contribution in [0.15, 0.2) is 11.1 Å². The smallest absolute Gasteiger partial charge is 0.387 e. The lowest BCUT2D eigenvalue weighted by molar-refractivity contribution is -0.0757. The first-order valence-corrected chi connectivity index (χ1v) is 13.1. The van der Waals surface area contributed by atoms with E-state index in [0.717, 1.165) is 13.3 Å². The molecule has 0 radical (unpaired) electrons. The van der Waals surface area contributed by atoms with Crippen molar-refractivity contribution in [2.24, 2.45) is 5.73 Å². The Labute approximate surface area is 188 Å². The minimum atomic E-state index is -5.79. The highest BCUT2D eigenvalue weighted by molar-refractivity contribution is 7.66. The second kappa shape index (κ2) is 9.78. The SMILES string of the molecule is C[C@H](OP(=O)(O)OP(=O)(O)OP(=O)(O)O)[C@H]1O[C@@H](n2cnc(N)nc2=O)C(N)(C#CCl)[C@H]1O. The van der Waals surface area contributed by atoms with Crippen molar-refractivity contribution in [2.45, 2.75) is 37.0 Å². The first-order valence-electron chi connectivity index (χ1n) is 8.19. The Hall–Kier alpha value is -1.25. The molecule has 186 valence electrons. The average Bonchev–Trinajstić information content (AvgIpc) is 2.83. The minimum Gasteiger partial charge on any atom is -0.387 e. The Balaban J connectivity index is 2.31. The molecule has 1 aromatic heterocycles. The second-order valence-corrected chi connectivity index (χ2v) is 10.9. The zero-order valence-corrected chi connectivity index (χ0v) is 19.5. The van der Waals surface area contributed by atoms with Crippen LogP contribution in [0, 0.1) is 11.3 Å². The molecule has 0 bridgehead atoms. The normalized spacial score (nSPS) is 30.0. The molecule has 18 nitrogen and oxygen atoms in total. The standard InChI is InChI=1S/C11H17ClN5O13P3/c1-5(28-32(23,24)30-33(25,26)29-31(20,21)22)6-7(18)11(14,2-3-12)8(27-6)17-4-15-9(13)16-10(17)19/h4-8,18H,14H2,1H3,(H,23,24)(H,25,26)(H2,13,16,19)(H2,20,21,22)/t5-,6+,7-,8+,11?/m0/s1. The molecule has 1 aliphatic rings. The summed E-state index contributed by atoms with van der Waals surface area (Å²) in [6.07, 6.45) is -5.99. The van der Waals surface area contributed by atoms with Crippen molar-refractivity contribution in [3.63, 3.8) is 0 Å². The van der Waals surface area contributed by atoms with Gasteiger partial charge in [-0.15, -0.1) is 0 Å². The highest BCUT2D eigenvalue weighted by Crippen LogP contribution is 2.66. The van der Waals surface area contributed by atoms with Crippen LogP contribution in [-0.2, 0) is 31.6 Å². The number of nitrogen functional groups attached to an aromatic ring is 1. The van der Waals surface area contributed by atoms with Gasteiger partial charge < -0.3 is 40.9 Å². The minimum absolute atomic E-state index is 0.390. The molecule has 0 spiro atoms. The van der Waals surface area contributed by atoms with Crippen LogP contribution in [0.25, 0.3) is 0 Å². The summed E-state index contributed by atoms with van der Waals surface area (Å²) in [5.74, 6) is 1.84. The molecular weight excluding hydrogens is 539 g/mol. The number of nitrogens with zero attached hydrogens (tertiary/aromatic N) is 3. The second-order valence-electron chi connectivity index (χ2n) is 6.36. The van der Waals surface area contributed by atoms with Crippen molar-refractivity contribution in [3.8, 4) is 11.3 Å². The zero-order chi connectivity index (χ0) is 25.4. The maximum atomic E-state index is 12.2. The van der Waals surface area contributed by atoms with Gasteiger partial charge in [-0.05, 0) is 18.5 Å². The maximum Gasteiger partial charge on any atom is 0.490 e. The van der Waals surface area contributed by atoms with Crippen molar-refractivity contribution in [1.29, 1.82) is 0 Å². The fourth-order valence-electron chi connectivity index (χ4n) is 2.72. The number of hydrogen-bond acceptors (Lipinski definition) is 13. The third-order valence-corrected chi connectivity index (χ3v) is 7.96. The Morgan fingerprint density at radius 2 is 1.88 bits per heavy atom. The summed E-state index contributed by atoms with van der Waals surface area (Å²) in [5, 5.41) is 12.6. The van der Waals surface area contributed by atoms with Crippen LogP contribution >= 0.6 is 35.1 Å². The predicted molar refractivity (Wildman–Crippen MR) is 106 cm³/mol. The van der Waals surface area contributed by atoms with Crippen molar-refractivity contribution in [1.82, 2.24) is 14.5 Å². The van der Waals surface area contributed by atoms with Gasteiger partial charge in [0.05, 0.1) is 6.10 Å². The molecule has 1 fully saturated rings. The summed E-state index contributed by atoms with van der Waals surface area (Å²) in [4.78, 5) is 55.2. The number of aliphatic hydroxyl groups excluding tert-OH is 1. The Kier molecular flexibility index (Phi) is 8.30. The lowest BCUT2D eigenvalue weighted by Gasteiger charge is -2.28. The van der Waals surface area contributed by atoms with E-state index >= 15 is 0 Å². The van der Waals surface area contributed by atoms with Crippen LogP contribution in [0.2, 0.25) is 0 Å². The first-order chi connectivity index (χ1) is 14.9. The lowest BCUT2D eigenvalue weighted by atomic mass is 9.90. The quantitative estimate of drug-likeness (QED) is 0.136. The molecule has 1 saturated heterocycles. The van der Waals surface area contributed by atoms with Gasteiger partial charge in [0.2, 0.25) is 5.95 Å². The monoisotopic (exact) mass is 555 g/mol. The van der Waals surface area contributed by atoms with Crippen LogP contribution in [0.3, 0.4) is 0 Å². The third-order valence-electron chi connectivity index (χ3n) is 3.94. The van der Waals surface area contributed by atoms with Gasteiger partial charge in [-0.1, -0.05) is 5.92 Å². The van der Waals surface area contributed by atoms with Crippen molar-refractivity contribution < 1.29 is 56.3 Å². The van der Waals surface area contributed by atoms with Gasteiger partial charge >= 0.3 is 29.2 Å². The lowest BCUT2D eigenvalue weighted by Crippen LogP contribution is -2.55. The molecule has 0 amide bonds. The molecule has 2 heterocycles. The van der Waals surface area contributed by atoms with E-state index in [0.29, 0.717) is 4.57 Å². The van der Waals surface area contributed by atoms with Gasteiger partial charge in [-0.3, -0.25) is 9.09 Å². The molecular formula is C11H17ClN5O13P3. The van der Waals surface area contributed by atoms with Crippen molar-refractivity contribution in [3.05, 3.63) is 16.8 Å². The number of phosphoric ester groups is 1. The third kappa shape index (κ3) is 6.89. The molecule has 0 saturated carbocycles. The molecule has 0 aliphatic carbocycles. The Morgan fingerprint density at radius 3 is 2.39 bits per heavy atom. The molecule has 3 unspecified atom stereocenters. The van der Waals surface area contributed by atoms with Crippen LogP contribution in [0.5, 0.6) is 0 Å². The van der Waals surface area contributed by atoms with Gasteiger partial charge in [0.25, 0.3) is 0 Å². The molecule has 0 aromatic carbocycles. The predicted octanol–water partition coefficient (Wildman–Crippen LogP) is -1.89. The van der Waals surface area contributed by atoms with E-state index in [-0.39, 0.29) is 0 Å². The van der Waals surface area contributed by atoms with E-state index in [9.17, 15) is 33.4 Å². The number of aromatic nitrogens is 3. The summed E-state index contributed by atoms with van der Waals surface area (Å²) in [5.41, 5.74) is 8.23. The highest BCUT2D eigenvalue weighted by atomic mass is 35.5. The topological polar surface area (TPSA) is 289 Å². The highest BCUT2D eigenvalue weighted by Gasteiger charge is 2.57. The van der Waals surface area contributed by atoms with Gasteiger partial charge in [-0.25, -0.2) is 23.5 Å². The number of rotatable bonds is 8.